The number of anilines is 1. The molecule has 3 amide bonds. The lowest BCUT2D eigenvalue weighted by Crippen LogP contribution is -2.47. The topological polar surface area (TPSA) is 94.2 Å². The number of hydrogen-bond donors (Lipinski definition) is 2. The Morgan fingerprint density at radius 2 is 1.87 bits per heavy atom. The summed E-state index contributed by atoms with van der Waals surface area (Å²) in [7, 11) is 0. The van der Waals surface area contributed by atoms with Gasteiger partial charge in [0.2, 0.25) is 5.91 Å². The Morgan fingerprint density at radius 1 is 1.00 bits per heavy atom. The summed E-state index contributed by atoms with van der Waals surface area (Å²) < 4.78 is 0. The standard InChI is InChI=1S/C23H26N6O2/c30-22(17-6-5-12-29(15-17)23(31)25-18-7-2-1-3-8-18)28-13-10-16(14-28)20-26-19-9-4-11-24-21(19)27-20/h1-4,7-9,11,16-17H,5-6,10,12-15H2,(H,25,31)(H,24,26,27). The maximum atomic E-state index is 13.2. The van der Waals surface area contributed by atoms with Crippen LogP contribution in [-0.4, -0.2) is 62.9 Å². The molecule has 8 heteroatoms. The van der Waals surface area contributed by atoms with Crippen LogP contribution >= 0.6 is 0 Å². The number of pyridine rings is 1. The maximum absolute atomic E-state index is 13.2. The Hall–Kier alpha value is -3.42. The number of para-hydroxylation sites is 1. The zero-order valence-electron chi connectivity index (χ0n) is 17.3. The third-order valence-electron chi connectivity index (χ3n) is 6.25. The fourth-order valence-corrected chi connectivity index (χ4v) is 4.59. The number of aromatic nitrogens is 3. The first-order chi connectivity index (χ1) is 15.2. The molecule has 0 radical (unpaired) electrons. The van der Waals surface area contributed by atoms with E-state index in [9.17, 15) is 9.59 Å². The second kappa shape index (κ2) is 8.37. The number of likely N-dealkylation sites (tertiary alicyclic amines) is 2. The van der Waals surface area contributed by atoms with E-state index >= 15 is 0 Å². The van der Waals surface area contributed by atoms with E-state index in [2.05, 4.69) is 20.3 Å². The van der Waals surface area contributed by atoms with Crippen LogP contribution in [0.4, 0.5) is 10.5 Å². The highest BCUT2D eigenvalue weighted by molar-refractivity contribution is 5.90. The van der Waals surface area contributed by atoms with Crippen molar-refractivity contribution in [1.82, 2.24) is 24.8 Å². The summed E-state index contributed by atoms with van der Waals surface area (Å²) in [6.45, 7) is 2.52. The van der Waals surface area contributed by atoms with Gasteiger partial charge in [-0.2, -0.15) is 0 Å². The van der Waals surface area contributed by atoms with Gasteiger partial charge >= 0.3 is 6.03 Å². The number of carbonyl (C=O) groups excluding carboxylic acids is 2. The molecule has 2 aromatic heterocycles. The first-order valence-corrected chi connectivity index (χ1v) is 10.9. The minimum Gasteiger partial charge on any atom is -0.342 e. The van der Waals surface area contributed by atoms with E-state index in [0.29, 0.717) is 19.6 Å². The monoisotopic (exact) mass is 418 g/mol. The average molecular weight is 419 g/mol. The number of piperidine rings is 1. The number of carbonyl (C=O) groups is 2. The smallest absolute Gasteiger partial charge is 0.321 e. The van der Waals surface area contributed by atoms with Crippen molar-refractivity contribution in [3.05, 3.63) is 54.5 Å². The van der Waals surface area contributed by atoms with Gasteiger partial charge in [-0.05, 0) is 43.5 Å². The van der Waals surface area contributed by atoms with Crippen LogP contribution in [0, 0.1) is 5.92 Å². The maximum Gasteiger partial charge on any atom is 0.321 e. The molecule has 160 valence electrons. The summed E-state index contributed by atoms with van der Waals surface area (Å²) in [6, 6.07) is 13.1. The van der Waals surface area contributed by atoms with Crippen LogP contribution in [-0.2, 0) is 4.79 Å². The molecule has 8 nitrogen and oxygen atoms in total. The van der Waals surface area contributed by atoms with Gasteiger partial charge in [0.25, 0.3) is 0 Å². The van der Waals surface area contributed by atoms with Gasteiger partial charge in [-0.3, -0.25) is 4.79 Å². The van der Waals surface area contributed by atoms with Crippen LogP contribution < -0.4 is 5.32 Å². The quantitative estimate of drug-likeness (QED) is 0.683. The van der Waals surface area contributed by atoms with Gasteiger partial charge in [0.1, 0.15) is 5.82 Å². The lowest BCUT2D eigenvalue weighted by atomic mass is 9.97. The Bertz CT molecular complexity index is 1050. The molecular weight excluding hydrogens is 392 g/mol. The molecule has 3 aromatic rings. The van der Waals surface area contributed by atoms with Gasteiger partial charge in [-0.15, -0.1) is 0 Å². The minimum atomic E-state index is -0.147. The highest BCUT2D eigenvalue weighted by Crippen LogP contribution is 2.29. The molecule has 31 heavy (non-hydrogen) atoms. The van der Waals surface area contributed by atoms with Gasteiger partial charge in [0.05, 0.1) is 11.4 Å². The predicted octanol–water partition coefficient (Wildman–Crippen LogP) is 3.22. The number of urea groups is 1. The number of imidazole rings is 1. The summed E-state index contributed by atoms with van der Waals surface area (Å²) in [4.78, 5) is 41.8. The van der Waals surface area contributed by atoms with E-state index in [0.717, 1.165) is 48.5 Å². The zero-order valence-corrected chi connectivity index (χ0v) is 17.3. The largest absolute Gasteiger partial charge is 0.342 e. The molecule has 0 spiro atoms. The number of nitrogens with zero attached hydrogens (tertiary/aromatic N) is 4. The van der Waals surface area contributed by atoms with Crippen LogP contribution in [0.5, 0.6) is 0 Å². The van der Waals surface area contributed by atoms with E-state index < -0.39 is 0 Å². The van der Waals surface area contributed by atoms with Crippen LogP contribution in [0.25, 0.3) is 11.2 Å². The van der Waals surface area contributed by atoms with Gasteiger partial charge in [-0.1, -0.05) is 18.2 Å². The van der Waals surface area contributed by atoms with Crippen molar-refractivity contribution in [3.63, 3.8) is 0 Å². The molecule has 0 aliphatic carbocycles. The van der Waals surface area contributed by atoms with Crippen LogP contribution in [0.15, 0.2) is 48.7 Å². The molecule has 0 saturated carbocycles. The number of fused-ring (bicyclic) bond motifs is 1. The number of rotatable bonds is 3. The predicted molar refractivity (Wildman–Crippen MR) is 118 cm³/mol. The molecule has 1 aromatic carbocycles. The van der Waals surface area contributed by atoms with Gasteiger partial charge in [0.15, 0.2) is 5.65 Å². The summed E-state index contributed by atoms with van der Waals surface area (Å²) >= 11 is 0. The van der Waals surface area contributed by atoms with Crippen molar-refractivity contribution in [3.8, 4) is 0 Å². The molecule has 2 aliphatic heterocycles. The normalized spacial score (nSPS) is 21.4. The molecule has 2 fully saturated rings. The molecule has 2 saturated heterocycles. The third-order valence-corrected chi connectivity index (χ3v) is 6.25. The summed E-state index contributed by atoms with van der Waals surface area (Å²) in [6.07, 6.45) is 4.28. The van der Waals surface area contributed by atoms with Gasteiger partial charge in [0, 0.05) is 44.0 Å². The number of benzene rings is 1. The van der Waals surface area contributed by atoms with Crippen molar-refractivity contribution in [2.75, 3.05) is 31.5 Å². The number of hydrogen-bond acceptors (Lipinski definition) is 4. The highest BCUT2D eigenvalue weighted by Gasteiger charge is 2.35. The van der Waals surface area contributed by atoms with E-state index in [1.165, 1.54) is 0 Å². The number of H-pyrrole nitrogens is 1. The fraction of sp³-hybridized carbons (Fsp3) is 0.391. The Kier molecular flexibility index (Phi) is 5.28. The average Bonchev–Trinajstić information content (AvgIpc) is 3.46. The molecule has 5 rings (SSSR count). The first-order valence-electron chi connectivity index (χ1n) is 10.9. The van der Waals surface area contributed by atoms with E-state index in [1.807, 2.05) is 47.4 Å². The molecule has 0 bridgehead atoms. The van der Waals surface area contributed by atoms with Crippen molar-refractivity contribution < 1.29 is 9.59 Å². The molecule has 2 N–H and O–H groups in total. The van der Waals surface area contributed by atoms with Crippen molar-refractivity contribution in [2.45, 2.75) is 25.2 Å². The van der Waals surface area contributed by atoms with Crippen molar-refractivity contribution >= 4 is 28.8 Å². The lowest BCUT2D eigenvalue weighted by Gasteiger charge is -2.34. The molecule has 2 unspecified atom stereocenters. The third kappa shape index (κ3) is 4.10. The van der Waals surface area contributed by atoms with Crippen molar-refractivity contribution in [2.24, 2.45) is 5.92 Å². The second-order valence-electron chi connectivity index (χ2n) is 8.35. The molecule has 2 atom stereocenters. The molecule has 2 aliphatic rings. The molecular formula is C23H26N6O2. The lowest BCUT2D eigenvalue weighted by molar-refractivity contribution is -0.135. The van der Waals surface area contributed by atoms with Crippen LogP contribution in [0.3, 0.4) is 0 Å². The van der Waals surface area contributed by atoms with E-state index in [-0.39, 0.29) is 23.8 Å². The van der Waals surface area contributed by atoms with Gasteiger partial charge in [-0.25, -0.2) is 14.8 Å². The number of amides is 3. The molecule has 4 heterocycles. The fourth-order valence-electron chi connectivity index (χ4n) is 4.59. The van der Waals surface area contributed by atoms with E-state index in [4.69, 9.17) is 0 Å². The Balaban J connectivity index is 1.20. The number of nitrogens with one attached hydrogen (secondary N) is 2. The Morgan fingerprint density at radius 3 is 2.71 bits per heavy atom. The van der Waals surface area contributed by atoms with Crippen LogP contribution in [0.1, 0.15) is 31.0 Å². The highest BCUT2D eigenvalue weighted by atomic mass is 16.2. The minimum absolute atomic E-state index is 0.141. The first kappa shape index (κ1) is 19.5. The summed E-state index contributed by atoms with van der Waals surface area (Å²) in [5, 5.41) is 2.93. The summed E-state index contributed by atoms with van der Waals surface area (Å²) in [5.74, 6) is 1.09. The Labute approximate surface area is 180 Å². The SMILES string of the molecule is O=C(Nc1ccccc1)N1CCCC(C(=O)N2CCC(c3nc4ncccc4[nH]3)C2)C1. The van der Waals surface area contributed by atoms with Crippen molar-refractivity contribution in [1.29, 1.82) is 0 Å². The second-order valence-corrected chi connectivity index (χ2v) is 8.35. The number of aromatic amines is 1. The van der Waals surface area contributed by atoms with Gasteiger partial charge < -0.3 is 20.1 Å². The zero-order chi connectivity index (χ0) is 21.2. The summed E-state index contributed by atoms with van der Waals surface area (Å²) in [5.41, 5.74) is 2.41. The van der Waals surface area contributed by atoms with E-state index in [1.54, 1.807) is 11.1 Å². The van der Waals surface area contributed by atoms with Crippen LogP contribution in [0.2, 0.25) is 0 Å².